The second-order valence-electron chi connectivity index (χ2n) is 9.75. The van der Waals surface area contributed by atoms with Crippen molar-refractivity contribution in [2.75, 3.05) is 26.7 Å². The number of methoxy groups -OCH3 is 1. The predicted molar refractivity (Wildman–Crippen MR) is 127 cm³/mol. The molecule has 0 aromatic heterocycles. The van der Waals surface area contributed by atoms with Crippen molar-refractivity contribution in [1.29, 1.82) is 0 Å². The topological polar surface area (TPSA) is 66.4 Å². The van der Waals surface area contributed by atoms with Crippen LogP contribution in [0.5, 0.6) is 17.2 Å². The van der Waals surface area contributed by atoms with E-state index >= 15 is 0 Å². The summed E-state index contributed by atoms with van der Waals surface area (Å²) in [7, 11) is 1.53. The van der Waals surface area contributed by atoms with Crippen molar-refractivity contribution in [3.63, 3.8) is 0 Å². The van der Waals surface area contributed by atoms with E-state index in [1.165, 1.54) is 13.2 Å². The van der Waals surface area contributed by atoms with Gasteiger partial charge in [0.05, 0.1) is 18.2 Å². The summed E-state index contributed by atoms with van der Waals surface area (Å²) in [6, 6.07) is 8.18. The molecular weight excluding hydrogens is 461 g/mol. The number of amides is 2. The molecule has 2 amide bonds. The van der Waals surface area contributed by atoms with Crippen LogP contribution >= 0.6 is 0 Å². The first-order valence-corrected chi connectivity index (χ1v) is 11.4. The number of nitrogens with zero attached hydrogens (tertiary/aromatic N) is 3. The van der Waals surface area contributed by atoms with Gasteiger partial charge in [0.15, 0.2) is 5.75 Å². The molecule has 188 valence electrons. The summed E-state index contributed by atoms with van der Waals surface area (Å²) in [6.45, 7) is 9.05. The molecule has 1 atom stereocenters. The van der Waals surface area contributed by atoms with Crippen LogP contribution in [0, 0.1) is 0 Å². The summed E-state index contributed by atoms with van der Waals surface area (Å²) in [6.07, 6.45) is -4.51. The van der Waals surface area contributed by atoms with E-state index in [-0.39, 0.29) is 29.0 Å². The molecule has 7 nitrogen and oxygen atoms in total. The Labute approximate surface area is 202 Å². The molecule has 2 heterocycles. The van der Waals surface area contributed by atoms with Crippen LogP contribution < -0.4 is 14.8 Å². The quantitative estimate of drug-likeness (QED) is 0.580. The zero-order valence-electron chi connectivity index (χ0n) is 20.4. The summed E-state index contributed by atoms with van der Waals surface area (Å²) in [5.41, 5.74) is -0.446. The number of alkyl halides is 3. The Morgan fingerprint density at radius 3 is 2.49 bits per heavy atom. The lowest BCUT2D eigenvalue weighted by atomic mass is 10.1. The highest BCUT2D eigenvalue weighted by molar-refractivity contribution is 6.04. The number of piperazine rings is 1. The minimum absolute atomic E-state index is 0.0885. The molecule has 4 rings (SSSR count). The maximum Gasteiger partial charge on any atom is 0.416 e. The first-order valence-electron chi connectivity index (χ1n) is 11.4. The van der Waals surface area contributed by atoms with Crippen molar-refractivity contribution >= 4 is 17.6 Å². The van der Waals surface area contributed by atoms with Crippen molar-refractivity contribution in [2.45, 2.75) is 45.5 Å². The molecular formula is C25H29F3N4O3. The highest BCUT2D eigenvalue weighted by Crippen LogP contribution is 2.42. The highest BCUT2D eigenvalue weighted by Gasteiger charge is 2.34. The Hall–Kier alpha value is -3.43. The number of rotatable bonds is 1. The molecule has 35 heavy (non-hydrogen) atoms. The number of urea groups is 1. The number of halogens is 3. The Kier molecular flexibility index (Phi) is 6.33. The molecule has 1 N–H and O–H groups in total. The number of carbonyl (C=O) groups is 1. The smallest absolute Gasteiger partial charge is 0.416 e. The lowest BCUT2D eigenvalue weighted by Gasteiger charge is -2.42. The Balaban J connectivity index is 1.71. The summed E-state index contributed by atoms with van der Waals surface area (Å²) in [4.78, 5) is 21.2. The number of amidine groups is 1. The van der Waals surface area contributed by atoms with Crippen molar-refractivity contribution in [1.82, 2.24) is 15.1 Å². The molecule has 2 aromatic rings. The first-order chi connectivity index (χ1) is 16.4. The van der Waals surface area contributed by atoms with Crippen LogP contribution in [0.25, 0.3) is 0 Å². The number of carbonyl (C=O) groups excluding carboxylic acids is 1. The average molecular weight is 491 g/mol. The van der Waals surface area contributed by atoms with Crippen molar-refractivity contribution in [2.24, 2.45) is 4.99 Å². The standard InChI is InChI=1S/C25H29F3N4O3/c1-15-14-31(10-11-32(15)23(33)30-24(2,3)4)22-18-8-7-17(34-5)13-21(18)35-20-9-6-16(25(26,27)28)12-19(20)29-22/h6-9,12-13,15H,10-11,14H2,1-5H3,(H,30,33). The van der Waals surface area contributed by atoms with Gasteiger partial charge < -0.3 is 24.6 Å². The van der Waals surface area contributed by atoms with Crippen LogP contribution in [-0.4, -0.2) is 60.0 Å². The monoisotopic (exact) mass is 490 g/mol. The van der Waals surface area contributed by atoms with Gasteiger partial charge in [-0.1, -0.05) is 0 Å². The zero-order chi connectivity index (χ0) is 25.5. The third-order valence-electron chi connectivity index (χ3n) is 5.83. The van der Waals surface area contributed by atoms with Crippen molar-refractivity contribution in [3.05, 3.63) is 47.5 Å². The third kappa shape index (κ3) is 5.31. The number of ether oxygens (including phenoxy) is 2. The Morgan fingerprint density at radius 2 is 1.86 bits per heavy atom. The normalized spacial score (nSPS) is 18.1. The average Bonchev–Trinajstić information content (AvgIpc) is 2.92. The molecule has 1 saturated heterocycles. The molecule has 2 aromatic carbocycles. The molecule has 0 aliphatic carbocycles. The number of benzene rings is 2. The van der Waals surface area contributed by atoms with Crippen LogP contribution in [0.2, 0.25) is 0 Å². The van der Waals surface area contributed by atoms with E-state index in [1.54, 1.807) is 23.1 Å². The fraction of sp³-hybridized carbons (Fsp3) is 0.440. The lowest BCUT2D eigenvalue weighted by Crippen LogP contribution is -2.59. The number of nitrogens with one attached hydrogen (secondary N) is 1. The second-order valence-corrected chi connectivity index (χ2v) is 9.75. The number of hydrogen-bond acceptors (Lipinski definition) is 5. The fourth-order valence-electron chi connectivity index (χ4n) is 4.14. The molecule has 0 bridgehead atoms. The lowest BCUT2D eigenvalue weighted by molar-refractivity contribution is -0.137. The van der Waals surface area contributed by atoms with E-state index < -0.39 is 11.7 Å². The van der Waals surface area contributed by atoms with Gasteiger partial charge in [-0.3, -0.25) is 0 Å². The van der Waals surface area contributed by atoms with Gasteiger partial charge in [0.2, 0.25) is 0 Å². The van der Waals surface area contributed by atoms with Crippen LogP contribution in [0.1, 0.15) is 38.8 Å². The van der Waals surface area contributed by atoms with Gasteiger partial charge in [0.1, 0.15) is 23.0 Å². The first kappa shape index (κ1) is 24.7. The molecule has 0 spiro atoms. The second kappa shape index (κ2) is 8.98. The molecule has 2 aliphatic heterocycles. The van der Waals surface area contributed by atoms with Gasteiger partial charge in [-0.25, -0.2) is 9.79 Å². The summed E-state index contributed by atoms with van der Waals surface area (Å²) in [5.74, 6) is 1.69. The summed E-state index contributed by atoms with van der Waals surface area (Å²) in [5, 5.41) is 2.98. The van der Waals surface area contributed by atoms with Crippen LogP contribution in [0.3, 0.4) is 0 Å². The van der Waals surface area contributed by atoms with Crippen molar-refractivity contribution < 1.29 is 27.4 Å². The Morgan fingerprint density at radius 1 is 1.11 bits per heavy atom. The summed E-state index contributed by atoms with van der Waals surface area (Å²) < 4.78 is 51.5. The third-order valence-corrected chi connectivity index (χ3v) is 5.83. The molecule has 2 aliphatic rings. The van der Waals surface area contributed by atoms with E-state index in [4.69, 9.17) is 9.47 Å². The van der Waals surface area contributed by atoms with Gasteiger partial charge in [-0.05, 0) is 58.0 Å². The van der Waals surface area contributed by atoms with Gasteiger partial charge in [-0.2, -0.15) is 13.2 Å². The molecule has 10 heteroatoms. The van der Waals surface area contributed by atoms with E-state index in [2.05, 4.69) is 10.3 Å². The van der Waals surface area contributed by atoms with Gasteiger partial charge in [-0.15, -0.1) is 0 Å². The number of fused-ring (bicyclic) bond motifs is 2. The van der Waals surface area contributed by atoms with Crippen molar-refractivity contribution in [3.8, 4) is 17.2 Å². The largest absolute Gasteiger partial charge is 0.497 e. The minimum Gasteiger partial charge on any atom is -0.497 e. The molecule has 1 unspecified atom stereocenters. The summed E-state index contributed by atoms with van der Waals surface area (Å²) >= 11 is 0. The Bertz CT molecular complexity index is 1160. The fourth-order valence-corrected chi connectivity index (χ4v) is 4.14. The number of aliphatic imine (C=N–C) groups is 1. The maximum absolute atomic E-state index is 13.4. The van der Waals surface area contributed by atoms with E-state index in [0.29, 0.717) is 42.5 Å². The molecule has 1 fully saturated rings. The van der Waals surface area contributed by atoms with E-state index in [9.17, 15) is 18.0 Å². The predicted octanol–water partition coefficient (Wildman–Crippen LogP) is 5.41. The van der Waals surface area contributed by atoms with Gasteiger partial charge >= 0.3 is 12.2 Å². The highest BCUT2D eigenvalue weighted by atomic mass is 19.4. The number of hydrogen-bond donors (Lipinski definition) is 1. The van der Waals surface area contributed by atoms with E-state index in [0.717, 1.165) is 12.1 Å². The van der Waals surface area contributed by atoms with Gasteiger partial charge in [0.25, 0.3) is 0 Å². The minimum atomic E-state index is -4.51. The van der Waals surface area contributed by atoms with E-state index in [1.807, 2.05) is 32.6 Å². The maximum atomic E-state index is 13.4. The molecule has 0 radical (unpaired) electrons. The van der Waals surface area contributed by atoms with Crippen LogP contribution in [0.15, 0.2) is 41.4 Å². The van der Waals surface area contributed by atoms with Gasteiger partial charge in [0, 0.05) is 37.3 Å². The van der Waals surface area contributed by atoms with Crippen LogP contribution in [0.4, 0.5) is 23.7 Å². The zero-order valence-corrected chi connectivity index (χ0v) is 20.4. The SMILES string of the molecule is COc1ccc2c(c1)Oc1ccc(C(F)(F)F)cc1N=C2N1CCN(C(=O)NC(C)(C)C)C(C)C1. The molecule has 0 saturated carbocycles. The van der Waals surface area contributed by atoms with Crippen LogP contribution in [-0.2, 0) is 6.18 Å².